The molecule has 0 saturated carbocycles. The lowest BCUT2D eigenvalue weighted by Crippen LogP contribution is -2.26. The molecule has 31 heavy (non-hydrogen) atoms. The number of methoxy groups -OCH3 is 1. The molecule has 2 aromatic carbocycles. The molecule has 1 N–H and O–H groups in total. The predicted molar refractivity (Wildman–Crippen MR) is 123 cm³/mol. The lowest BCUT2D eigenvalue weighted by Gasteiger charge is -2.10. The summed E-state index contributed by atoms with van der Waals surface area (Å²) >= 11 is 1.60. The maximum atomic E-state index is 12.7. The summed E-state index contributed by atoms with van der Waals surface area (Å²) in [5.74, 6) is -0.546. The number of benzene rings is 2. The van der Waals surface area contributed by atoms with Gasteiger partial charge in [-0.15, -0.1) is 11.3 Å². The largest absolute Gasteiger partial charge is 0.465 e. The number of ether oxygens (including phenoxy) is 1. The molecule has 164 valence electrons. The van der Waals surface area contributed by atoms with E-state index in [-0.39, 0.29) is 17.0 Å². The molecular weight excluding hydrogens is 432 g/mol. The van der Waals surface area contributed by atoms with Crippen molar-refractivity contribution >= 4 is 27.3 Å². The summed E-state index contributed by atoms with van der Waals surface area (Å²) in [6, 6.07) is 12.7. The Morgan fingerprint density at radius 3 is 2.48 bits per heavy atom. The number of carbonyl (C=O) groups is 1. The molecule has 0 aliphatic carbocycles. The zero-order chi connectivity index (χ0) is 22.6. The van der Waals surface area contributed by atoms with Crippen LogP contribution in [0.2, 0.25) is 0 Å². The monoisotopic (exact) mass is 458 g/mol. The van der Waals surface area contributed by atoms with E-state index < -0.39 is 16.0 Å². The van der Waals surface area contributed by atoms with Crippen LogP contribution in [0.5, 0.6) is 0 Å². The van der Waals surface area contributed by atoms with Crippen LogP contribution in [0.4, 0.5) is 0 Å². The van der Waals surface area contributed by atoms with Gasteiger partial charge >= 0.3 is 5.97 Å². The Labute approximate surface area is 187 Å². The zero-order valence-electron chi connectivity index (χ0n) is 18.1. The van der Waals surface area contributed by atoms with Crippen molar-refractivity contribution in [3.63, 3.8) is 0 Å². The molecule has 0 saturated heterocycles. The SMILES string of the molecule is CCc1ccc(S(=O)(=O)NCCc2nc(-c3ccc(C)cc3)sc2C)cc1C(=O)OC. The number of esters is 1. The third-order valence-corrected chi connectivity index (χ3v) is 7.54. The van der Waals surface area contributed by atoms with Gasteiger partial charge in [0.05, 0.1) is 23.3 Å². The van der Waals surface area contributed by atoms with E-state index in [2.05, 4.69) is 4.72 Å². The quantitative estimate of drug-likeness (QED) is 0.509. The van der Waals surface area contributed by atoms with Gasteiger partial charge in [0.15, 0.2) is 0 Å². The van der Waals surface area contributed by atoms with E-state index in [4.69, 9.17) is 9.72 Å². The minimum Gasteiger partial charge on any atom is -0.465 e. The average molecular weight is 459 g/mol. The highest BCUT2D eigenvalue weighted by molar-refractivity contribution is 7.89. The van der Waals surface area contributed by atoms with Gasteiger partial charge in [-0.1, -0.05) is 42.8 Å². The van der Waals surface area contributed by atoms with Crippen molar-refractivity contribution in [2.24, 2.45) is 0 Å². The number of rotatable bonds is 8. The maximum absolute atomic E-state index is 12.7. The van der Waals surface area contributed by atoms with E-state index in [1.165, 1.54) is 24.8 Å². The second-order valence-corrected chi connectivity index (χ2v) is 10.2. The van der Waals surface area contributed by atoms with E-state index in [9.17, 15) is 13.2 Å². The summed E-state index contributed by atoms with van der Waals surface area (Å²) in [6.07, 6.45) is 1.08. The molecular formula is C23H26N2O4S2. The topological polar surface area (TPSA) is 85.4 Å². The molecule has 0 amide bonds. The number of thiazole rings is 1. The first-order valence-corrected chi connectivity index (χ1v) is 12.3. The summed E-state index contributed by atoms with van der Waals surface area (Å²) < 4.78 is 32.9. The minimum atomic E-state index is -3.76. The number of aryl methyl sites for hydroxylation is 3. The molecule has 6 nitrogen and oxygen atoms in total. The molecule has 0 spiro atoms. The third-order valence-electron chi connectivity index (χ3n) is 5.02. The average Bonchev–Trinajstić information content (AvgIpc) is 3.13. The van der Waals surface area contributed by atoms with Gasteiger partial charge in [-0.05, 0) is 38.0 Å². The molecule has 1 aromatic heterocycles. The van der Waals surface area contributed by atoms with Crippen LogP contribution in [-0.2, 0) is 27.6 Å². The molecule has 3 aromatic rings. The summed E-state index contributed by atoms with van der Waals surface area (Å²) in [5.41, 5.74) is 4.13. The molecule has 0 radical (unpaired) electrons. The molecule has 3 rings (SSSR count). The second-order valence-electron chi connectivity index (χ2n) is 7.20. The Morgan fingerprint density at radius 1 is 1.13 bits per heavy atom. The van der Waals surface area contributed by atoms with Crippen LogP contribution in [0.25, 0.3) is 10.6 Å². The highest BCUT2D eigenvalue weighted by Crippen LogP contribution is 2.28. The highest BCUT2D eigenvalue weighted by Gasteiger charge is 2.19. The van der Waals surface area contributed by atoms with Crippen LogP contribution in [0, 0.1) is 13.8 Å². The summed E-state index contributed by atoms with van der Waals surface area (Å²) in [5, 5.41) is 0.924. The van der Waals surface area contributed by atoms with E-state index in [0.717, 1.165) is 26.7 Å². The maximum Gasteiger partial charge on any atom is 0.338 e. The van der Waals surface area contributed by atoms with E-state index in [1.807, 2.05) is 45.0 Å². The number of hydrogen-bond acceptors (Lipinski definition) is 6. The smallest absolute Gasteiger partial charge is 0.338 e. The Balaban J connectivity index is 1.72. The summed E-state index contributed by atoms with van der Waals surface area (Å²) in [7, 11) is -2.48. The fourth-order valence-corrected chi connectivity index (χ4v) is 5.22. The van der Waals surface area contributed by atoms with Gasteiger partial charge in [0.2, 0.25) is 10.0 Å². The van der Waals surface area contributed by atoms with E-state index in [1.54, 1.807) is 17.4 Å². The predicted octanol–water partition coefficient (Wildman–Crippen LogP) is 4.30. The number of hydrogen-bond donors (Lipinski definition) is 1. The third kappa shape index (κ3) is 5.39. The standard InChI is InChI=1S/C23H26N2O4S2/c1-5-17-10-11-19(14-20(17)23(26)29-4)31(27,28)24-13-12-21-16(3)30-22(25-21)18-8-6-15(2)7-9-18/h6-11,14,24H,5,12-13H2,1-4H3. The van der Waals surface area contributed by atoms with Gasteiger partial charge < -0.3 is 4.74 Å². The summed E-state index contributed by atoms with van der Waals surface area (Å²) in [4.78, 5) is 17.8. The first kappa shape index (κ1) is 23.1. The Bertz CT molecular complexity index is 1180. The van der Waals surface area contributed by atoms with Crippen molar-refractivity contribution in [3.8, 4) is 10.6 Å². The van der Waals surface area contributed by atoms with Gasteiger partial charge in [0, 0.05) is 23.4 Å². The molecule has 0 fully saturated rings. The number of aromatic nitrogens is 1. The fraction of sp³-hybridized carbons (Fsp3) is 0.304. The normalized spacial score (nSPS) is 11.5. The molecule has 1 heterocycles. The highest BCUT2D eigenvalue weighted by atomic mass is 32.2. The first-order chi connectivity index (χ1) is 14.7. The first-order valence-electron chi connectivity index (χ1n) is 9.99. The van der Waals surface area contributed by atoms with Crippen LogP contribution < -0.4 is 4.72 Å². The molecule has 0 atom stereocenters. The Hall–Kier alpha value is -2.55. The van der Waals surface area contributed by atoms with Crippen molar-refractivity contribution in [1.29, 1.82) is 0 Å². The Morgan fingerprint density at radius 2 is 1.84 bits per heavy atom. The lowest BCUT2D eigenvalue weighted by molar-refractivity contribution is 0.0599. The second kappa shape index (κ2) is 9.72. The van der Waals surface area contributed by atoms with E-state index >= 15 is 0 Å². The van der Waals surface area contributed by atoms with Crippen LogP contribution in [-0.4, -0.2) is 33.0 Å². The Kier molecular flexibility index (Phi) is 7.25. The van der Waals surface area contributed by atoms with E-state index in [0.29, 0.717) is 12.8 Å². The van der Waals surface area contributed by atoms with Crippen molar-refractivity contribution < 1.29 is 17.9 Å². The molecule has 0 bridgehead atoms. The van der Waals surface area contributed by atoms with Gasteiger partial charge in [-0.3, -0.25) is 0 Å². The van der Waals surface area contributed by atoms with Crippen LogP contribution in [0.1, 0.15) is 39.0 Å². The summed E-state index contributed by atoms with van der Waals surface area (Å²) in [6.45, 7) is 6.14. The zero-order valence-corrected chi connectivity index (χ0v) is 19.7. The van der Waals surface area contributed by atoms with Crippen molar-refractivity contribution in [2.75, 3.05) is 13.7 Å². The molecule has 8 heteroatoms. The van der Waals surface area contributed by atoms with Gasteiger partial charge in [-0.25, -0.2) is 22.9 Å². The molecule has 0 aliphatic heterocycles. The number of nitrogens with zero attached hydrogens (tertiary/aromatic N) is 1. The minimum absolute atomic E-state index is 0.0421. The van der Waals surface area contributed by atoms with Crippen LogP contribution >= 0.6 is 11.3 Å². The number of nitrogens with one attached hydrogen (secondary N) is 1. The van der Waals surface area contributed by atoms with Crippen molar-refractivity contribution in [1.82, 2.24) is 9.71 Å². The number of carbonyl (C=O) groups excluding carboxylic acids is 1. The lowest BCUT2D eigenvalue weighted by atomic mass is 10.1. The van der Waals surface area contributed by atoms with Gasteiger partial charge in [0.25, 0.3) is 0 Å². The van der Waals surface area contributed by atoms with Crippen molar-refractivity contribution in [3.05, 3.63) is 69.7 Å². The van der Waals surface area contributed by atoms with Gasteiger partial charge in [-0.2, -0.15) is 0 Å². The van der Waals surface area contributed by atoms with Gasteiger partial charge in [0.1, 0.15) is 5.01 Å². The van der Waals surface area contributed by atoms with Crippen LogP contribution in [0.3, 0.4) is 0 Å². The molecule has 0 aliphatic rings. The van der Waals surface area contributed by atoms with Crippen LogP contribution in [0.15, 0.2) is 47.4 Å². The van der Waals surface area contributed by atoms with Crippen molar-refractivity contribution in [2.45, 2.75) is 38.5 Å². The fourth-order valence-electron chi connectivity index (χ4n) is 3.20. The number of sulfonamides is 1. The molecule has 0 unspecified atom stereocenters.